The number of amides is 1. The van der Waals surface area contributed by atoms with Crippen LogP contribution in [0.3, 0.4) is 0 Å². The fourth-order valence-electron chi connectivity index (χ4n) is 3.33. The Labute approximate surface area is 157 Å². The van der Waals surface area contributed by atoms with Crippen molar-refractivity contribution in [3.05, 3.63) is 71.9 Å². The van der Waals surface area contributed by atoms with E-state index in [0.717, 1.165) is 12.8 Å². The summed E-state index contributed by atoms with van der Waals surface area (Å²) in [5, 5.41) is 3.86. The smallest absolute Gasteiger partial charge is 0.257 e. The van der Waals surface area contributed by atoms with Gasteiger partial charge >= 0.3 is 0 Å². The van der Waals surface area contributed by atoms with Gasteiger partial charge in [-0.05, 0) is 44.0 Å². The molecule has 2 heterocycles. The predicted molar refractivity (Wildman–Crippen MR) is 99.9 cm³/mol. The van der Waals surface area contributed by atoms with Crippen LogP contribution in [-0.4, -0.2) is 34.0 Å². The lowest BCUT2D eigenvalue weighted by molar-refractivity contribution is 0.0702. The molecule has 138 valence electrons. The van der Waals surface area contributed by atoms with Crippen LogP contribution >= 0.6 is 0 Å². The zero-order chi connectivity index (χ0) is 18.6. The average molecular weight is 363 g/mol. The minimum atomic E-state index is -0.0123. The fourth-order valence-corrected chi connectivity index (χ4v) is 3.33. The number of hydrogen-bond acceptors (Lipinski definition) is 5. The van der Waals surface area contributed by atoms with Gasteiger partial charge in [0.2, 0.25) is 5.89 Å². The van der Waals surface area contributed by atoms with Crippen molar-refractivity contribution in [2.24, 2.45) is 0 Å². The van der Waals surface area contributed by atoms with E-state index in [1.54, 1.807) is 0 Å². The van der Waals surface area contributed by atoms with Crippen LogP contribution in [0.2, 0.25) is 0 Å². The number of hydrogen-bond donors (Lipinski definition) is 0. The van der Waals surface area contributed by atoms with Gasteiger partial charge in [0.1, 0.15) is 11.5 Å². The van der Waals surface area contributed by atoms with Crippen LogP contribution in [0.25, 0.3) is 0 Å². The summed E-state index contributed by atoms with van der Waals surface area (Å²) in [7, 11) is 0. The Kier molecular flexibility index (Phi) is 4.87. The molecule has 6 heteroatoms. The first-order valence-corrected chi connectivity index (χ1v) is 9.12. The van der Waals surface area contributed by atoms with Gasteiger partial charge in [-0.2, -0.15) is 4.98 Å². The lowest BCUT2D eigenvalue weighted by atomic mass is 9.96. The molecule has 2 aromatic carbocycles. The molecule has 0 bridgehead atoms. The minimum Gasteiger partial charge on any atom is -0.457 e. The van der Waals surface area contributed by atoms with E-state index in [1.807, 2.05) is 66.4 Å². The number of carbonyl (C=O) groups excluding carboxylic acids is 1. The summed E-state index contributed by atoms with van der Waals surface area (Å²) in [6.45, 7) is 3.13. The Hall–Kier alpha value is -3.15. The van der Waals surface area contributed by atoms with E-state index in [-0.39, 0.29) is 11.8 Å². The van der Waals surface area contributed by atoms with Crippen LogP contribution in [0.15, 0.2) is 59.1 Å². The van der Waals surface area contributed by atoms with Crippen molar-refractivity contribution in [3.63, 3.8) is 0 Å². The number of aryl methyl sites for hydroxylation is 1. The van der Waals surface area contributed by atoms with Gasteiger partial charge in [-0.15, -0.1) is 0 Å². The molecule has 1 fully saturated rings. The highest BCUT2D eigenvalue weighted by molar-refractivity contribution is 5.97. The molecule has 0 atom stereocenters. The highest BCUT2D eigenvalue weighted by Gasteiger charge is 2.28. The molecular formula is C21H21N3O3. The van der Waals surface area contributed by atoms with Gasteiger partial charge in [0.25, 0.3) is 5.91 Å². The van der Waals surface area contributed by atoms with Crippen LogP contribution in [0, 0.1) is 6.92 Å². The highest BCUT2D eigenvalue weighted by atomic mass is 16.5. The number of para-hydroxylation sites is 2. The van der Waals surface area contributed by atoms with Crippen molar-refractivity contribution in [1.29, 1.82) is 0 Å². The third kappa shape index (κ3) is 3.84. The summed E-state index contributed by atoms with van der Waals surface area (Å²) < 4.78 is 11.2. The van der Waals surface area contributed by atoms with Gasteiger partial charge in [-0.1, -0.05) is 35.5 Å². The maximum atomic E-state index is 13.1. The van der Waals surface area contributed by atoms with Gasteiger partial charge in [-0.3, -0.25) is 4.79 Å². The largest absolute Gasteiger partial charge is 0.457 e. The monoisotopic (exact) mass is 363 g/mol. The van der Waals surface area contributed by atoms with E-state index >= 15 is 0 Å². The standard InChI is InChI=1S/C21H21N3O3/c1-15-22-20(27-23-15)16-11-13-24(14-12-16)21(25)18-9-5-6-10-19(18)26-17-7-3-2-4-8-17/h2-10,16H,11-14H2,1H3. The number of ether oxygens (including phenoxy) is 1. The Bertz CT molecular complexity index is 915. The summed E-state index contributed by atoms with van der Waals surface area (Å²) in [6.07, 6.45) is 1.63. The van der Waals surface area contributed by atoms with Crippen LogP contribution in [-0.2, 0) is 0 Å². The number of benzene rings is 2. The van der Waals surface area contributed by atoms with Crippen molar-refractivity contribution in [3.8, 4) is 11.5 Å². The Morgan fingerprint density at radius 3 is 2.48 bits per heavy atom. The molecule has 1 aliphatic rings. The van der Waals surface area contributed by atoms with E-state index in [1.165, 1.54) is 0 Å². The van der Waals surface area contributed by atoms with E-state index in [0.29, 0.717) is 41.9 Å². The van der Waals surface area contributed by atoms with E-state index in [4.69, 9.17) is 9.26 Å². The first-order chi connectivity index (χ1) is 13.2. The predicted octanol–water partition coefficient (Wildman–Crippen LogP) is 4.19. The molecule has 0 aliphatic carbocycles. The second-order valence-corrected chi connectivity index (χ2v) is 6.66. The number of piperidine rings is 1. The molecule has 4 rings (SSSR count). The van der Waals surface area contributed by atoms with Gasteiger partial charge in [0.15, 0.2) is 5.82 Å². The molecule has 0 saturated carbocycles. The van der Waals surface area contributed by atoms with Gasteiger partial charge in [-0.25, -0.2) is 0 Å². The molecule has 1 amide bonds. The van der Waals surface area contributed by atoms with Crippen LogP contribution in [0.5, 0.6) is 11.5 Å². The van der Waals surface area contributed by atoms with E-state index in [9.17, 15) is 4.79 Å². The number of aromatic nitrogens is 2. The quantitative estimate of drug-likeness (QED) is 0.695. The van der Waals surface area contributed by atoms with Crippen molar-refractivity contribution in [2.45, 2.75) is 25.7 Å². The molecule has 1 aliphatic heterocycles. The normalized spacial score (nSPS) is 14.9. The van der Waals surface area contributed by atoms with Crippen molar-refractivity contribution >= 4 is 5.91 Å². The van der Waals surface area contributed by atoms with E-state index in [2.05, 4.69) is 10.1 Å². The average Bonchev–Trinajstić information content (AvgIpc) is 3.15. The fraction of sp³-hybridized carbons (Fsp3) is 0.286. The summed E-state index contributed by atoms with van der Waals surface area (Å²) in [4.78, 5) is 19.2. The summed E-state index contributed by atoms with van der Waals surface area (Å²) in [5.41, 5.74) is 0.577. The van der Waals surface area contributed by atoms with Crippen LogP contribution in [0.4, 0.5) is 0 Å². The lowest BCUT2D eigenvalue weighted by Crippen LogP contribution is -2.38. The van der Waals surface area contributed by atoms with Crippen molar-refractivity contribution < 1.29 is 14.1 Å². The van der Waals surface area contributed by atoms with Gasteiger partial charge in [0, 0.05) is 19.0 Å². The number of likely N-dealkylation sites (tertiary alicyclic amines) is 1. The number of rotatable bonds is 4. The molecule has 27 heavy (non-hydrogen) atoms. The first kappa shape index (κ1) is 17.3. The Balaban J connectivity index is 1.46. The number of carbonyl (C=O) groups is 1. The molecule has 1 saturated heterocycles. The highest BCUT2D eigenvalue weighted by Crippen LogP contribution is 2.30. The Morgan fingerprint density at radius 1 is 1.07 bits per heavy atom. The van der Waals surface area contributed by atoms with Crippen LogP contribution < -0.4 is 4.74 Å². The van der Waals surface area contributed by atoms with E-state index < -0.39 is 0 Å². The van der Waals surface area contributed by atoms with Crippen molar-refractivity contribution in [1.82, 2.24) is 15.0 Å². The molecule has 0 spiro atoms. The molecular weight excluding hydrogens is 342 g/mol. The van der Waals surface area contributed by atoms with Gasteiger partial charge in [0.05, 0.1) is 5.56 Å². The molecule has 0 radical (unpaired) electrons. The maximum Gasteiger partial charge on any atom is 0.257 e. The zero-order valence-corrected chi connectivity index (χ0v) is 15.2. The third-order valence-corrected chi connectivity index (χ3v) is 4.76. The number of nitrogens with zero attached hydrogens (tertiary/aromatic N) is 3. The molecule has 0 N–H and O–H groups in total. The zero-order valence-electron chi connectivity index (χ0n) is 15.2. The van der Waals surface area contributed by atoms with Gasteiger partial charge < -0.3 is 14.2 Å². The third-order valence-electron chi connectivity index (χ3n) is 4.76. The SMILES string of the molecule is Cc1noc(C2CCN(C(=O)c3ccccc3Oc3ccccc3)CC2)n1. The topological polar surface area (TPSA) is 68.5 Å². The summed E-state index contributed by atoms with van der Waals surface area (Å²) in [6, 6.07) is 16.9. The molecule has 1 aromatic heterocycles. The van der Waals surface area contributed by atoms with Crippen molar-refractivity contribution in [2.75, 3.05) is 13.1 Å². The molecule has 0 unspecified atom stereocenters. The molecule has 6 nitrogen and oxygen atoms in total. The Morgan fingerprint density at radius 2 is 1.78 bits per heavy atom. The minimum absolute atomic E-state index is 0.0123. The summed E-state index contributed by atoms with van der Waals surface area (Å²) in [5.74, 6) is 2.81. The molecule has 3 aromatic rings. The van der Waals surface area contributed by atoms with Crippen LogP contribution in [0.1, 0.15) is 40.8 Å². The lowest BCUT2D eigenvalue weighted by Gasteiger charge is -2.30. The second kappa shape index (κ2) is 7.61. The maximum absolute atomic E-state index is 13.1. The second-order valence-electron chi connectivity index (χ2n) is 6.66. The first-order valence-electron chi connectivity index (χ1n) is 9.12. The summed E-state index contributed by atoms with van der Waals surface area (Å²) >= 11 is 0.